The van der Waals surface area contributed by atoms with Crippen LogP contribution in [0.25, 0.3) is 0 Å². The van der Waals surface area contributed by atoms with Gasteiger partial charge in [0.25, 0.3) is 0 Å². The molecule has 2 atom stereocenters. The van der Waals surface area contributed by atoms with Crippen LogP contribution in [0.3, 0.4) is 0 Å². The zero-order valence-corrected chi connectivity index (χ0v) is 17.8. The standard InChI is InChI=1S/C12H17F6NOS2.C4H8.CH4O/c13-10(14,12(17,18)22-20)11(15,16)21-19-6-5-8-3-1-2-4-9(8)7-19;1-3-4-2;1-2/h8-9,20H,1-7H2;3-4H,1-2H3;2H,1H3/b;4-3-;. The molecule has 0 radical (unpaired) electrons. The van der Waals surface area contributed by atoms with E-state index in [1.165, 1.54) is 0 Å². The first-order valence-corrected chi connectivity index (χ1v) is 10.5. The highest BCUT2D eigenvalue weighted by Gasteiger charge is 2.73. The number of fused-ring (bicyclic) bond motifs is 1. The van der Waals surface area contributed by atoms with Gasteiger partial charge in [-0.2, -0.15) is 26.3 Å². The number of rotatable bonds is 5. The Morgan fingerprint density at radius 2 is 1.36 bits per heavy atom. The fourth-order valence-corrected chi connectivity index (χ4v) is 4.43. The van der Waals surface area contributed by atoms with Gasteiger partial charge in [0.15, 0.2) is 0 Å². The molecule has 0 spiro atoms. The van der Waals surface area contributed by atoms with Crippen LogP contribution < -0.4 is 0 Å². The summed E-state index contributed by atoms with van der Waals surface area (Å²) in [5.41, 5.74) is 0. The molecular formula is C17H29F6NO2S2. The molecule has 3 nitrogen and oxygen atoms in total. The Bertz CT molecular complexity index is 465. The van der Waals surface area contributed by atoms with E-state index in [-0.39, 0.29) is 19.0 Å². The van der Waals surface area contributed by atoms with Gasteiger partial charge in [0.05, 0.1) is 12.0 Å². The second kappa shape index (κ2) is 12.6. The van der Waals surface area contributed by atoms with Crippen LogP contribution in [-0.2, 0) is 0 Å². The molecule has 28 heavy (non-hydrogen) atoms. The van der Waals surface area contributed by atoms with Crippen LogP contribution in [0.1, 0.15) is 46.0 Å². The van der Waals surface area contributed by atoms with Crippen LogP contribution in [0.4, 0.5) is 26.3 Å². The monoisotopic (exact) mass is 457 g/mol. The van der Waals surface area contributed by atoms with Crippen molar-refractivity contribution in [3.8, 4) is 0 Å². The normalized spacial score (nSPS) is 24.0. The number of aliphatic hydroxyl groups is 1. The molecule has 0 bridgehead atoms. The van der Waals surface area contributed by atoms with Gasteiger partial charge in [0.2, 0.25) is 0 Å². The Morgan fingerprint density at radius 1 is 0.857 bits per heavy atom. The molecule has 2 N–H and O–H groups in total. The minimum atomic E-state index is -5.65. The number of hydrogen-bond acceptors (Lipinski definition) is 5. The van der Waals surface area contributed by atoms with Crippen LogP contribution in [-0.4, -0.2) is 50.6 Å². The van der Waals surface area contributed by atoms with Gasteiger partial charge in [-0.1, -0.05) is 31.4 Å². The van der Waals surface area contributed by atoms with Crippen molar-refractivity contribution in [3.05, 3.63) is 12.2 Å². The van der Waals surface area contributed by atoms with Crippen LogP contribution in [0.2, 0.25) is 0 Å². The number of alkyl halides is 6. The van der Waals surface area contributed by atoms with E-state index >= 15 is 0 Å². The van der Waals surface area contributed by atoms with Crippen molar-refractivity contribution in [3.63, 3.8) is 0 Å². The van der Waals surface area contributed by atoms with Gasteiger partial charge in [0, 0.05) is 32.1 Å². The van der Waals surface area contributed by atoms with Crippen molar-refractivity contribution in [2.24, 2.45) is 11.8 Å². The van der Waals surface area contributed by atoms with Gasteiger partial charge in [0.1, 0.15) is 0 Å². The third-order valence-electron chi connectivity index (χ3n) is 4.68. The van der Waals surface area contributed by atoms with E-state index in [9.17, 15) is 26.3 Å². The van der Waals surface area contributed by atoms with Gasteiger partial charge in [-0.25, -0.2) is 4.31 Å². The molecule has 0 amide bonds. The van der Waals surface area contributed by atoms with E-state index in [1.807, 2.05) is 26.0 Å². The largest absolute Gasteiger partial charge is 0.400 e. The van der Waals surface area contributed by atoms with Crippen molar-refractivity contribution < 1.29 is 36.0 Å². The molecule has 2 aliphatic rings. The summed E-state index contributed by atoms with van der Waals surface area (Å²) in [4.78, 5) is 0. The van der Waals surface area contributed by atoms with E-state index < -0.39 is 40.4 Å². The topological polar surface area (TPSA) is 43.7 Å². The third-order valence-corrected chi connectivity index (χ3v) is 6.24. The lowest BCUT2D eigenvalue weighted by Crippen LogP contribution is -2.52. The maximum Gasteiger partial charge on any atom is 0.394 e. The molecule has 2 unspecified atom stereocenters. The molecular weight excluding hydrogens is 428 g/mol. The van der Waals surface area contributed by atoms with E-state index in [1.54, 1.807) is 0 Å². The molecule has 1 aliphatic heterocycles. The molecule has 0 aromatic carbocycles. The Balaban J connectivity index is 0.00000108. The predicted molar refractivity (Wildman–Crippen MR) is 103 cm³/mol. The number of aliphatic hydroxyl groups excluding tert-OH is 1. The van der Waals surface area contributed by atoms with Gasteiger partial charge < -0.3 is 9.66 Å². The number of halogens is 6. The lowest BCUT2D eigenvalue weighted by atomic mass is 9.76. The van der Waals surface area contributed by atoms with E-state index in [4.69, 9.17) is 9.66 Å². The summed E-state index contributed by atoms with van der Waals surface area (Å²) in [7, 11) is 1.00. The summed E-state index contributed by atoms with van der Waals surface area (Å²) in [6.07, 6.45) is 8.54. The van der Waals surface area contributed by atoms with Crippen molar-refractivity contribution in [2.75, 3.05) is 20.2 Å². The fraction of sp³-hybridized carbons (Fsp3) is 0.882. The van der Waals surface area contributed by atoms with Crippen LogP contribution in [0.5, 0.6) is 0 Å². The number of hydrogen-bond donors (Lipinski definition) is 2. The molecule has 168 valence electrons. The highest BCUT2D eigenvalue weighted by atomic mass is 32.2. The van der Waals surface area contributed by atoms with Crippen LogP contribution in [0, 0.1) is 11.8 Å². The first-order chi connectivity index (χ1) is 13.0. The Hall–Kier alpha value is -0.100. The van der Waals surface area contributed by atoms with Crippen molar-refractivity contribution in [2.45, 2.75) is 62.4 Å². The van der Waals surface area contributed by atoms with Crippen molar-refractivity contribution >= 4 is 24.0 Å². The minimum absolute atomic E-state index is 0.159. The first kappa shape index (κ1) is 27.9. The van der Waals surface area contributed by atoms with Crippen LogP contribution >= 0.6 is 24.0 Å². The minimum Gasteiger partial charge on any atom is -0.400 e. The molecule has 2 rings (SSSR count). The molecule has 1 heterocycles. The Labute approximate surface area is 171 Å². The molecule has 11 heteroatoms. The van der Waals surface area contributed by atoms with Crippen molar-refractivity contribution in [1.82, 2.24) is 4.31 Å². The molecule has 0 aromatic heterocycles. The average molecular weight is 458 g/mol. The fourth-order valence-electron chi connectivity index (χ4n) is 3.10. The van der Waals surface area contributed by atoms with E-state index in [2.05, 4.69) is 0 Å². The zero-order valence-electron chi connectivity index (χ0n) is 16.2. The second-order valence-electron chi connectivity index (χ2n) is 6.44. The predicted octanol–water partition coefficient (Wildman–Crippen LogP) is 6.36. The highest BCUT2D eigenvalue weighted by molar-refractivity contribution is 7.98. The van der Waals surface area contributed by atoms with Gasteiger partial charge in [-0.05, 0) is 38.5 Å². The van der Waals surface area contributed by atoms with Crippen LogP contribution in [0.15, 0.2) is 12.2 Å². The van der Waals surface area contributed by atoms with Crippen molar-refractivity contribution in [1.29, 1.82) is 0 Å². The molecule has 1 saturated heterocycles. The molecule has 1 aliphatic carbocycles. The van der Waals surface area contributed by atoms with E-state index in [0.29, 0.717) is 12.3 Å². The summed E-state index contributed by atoms with van der Waals surface area (Å²) < 4.78 is 89.0. The van der Waals surface area contributed by atoms with Gasteiger partial charge in [-0.15, -0.1) is 0 Å². The quantitative estimate of drug-likeness (QED) is 0.218. The number of piperidine rings is 1. The Morgan fingerprint density at radius 3 is 1.82 bits per heavy atom. The summed E-state index contributed by atoms with van der Waals surface area (Å²) in [5.74, 6) is -5.07. The number of allylic oxidation sites excluding steroid dienone is 2. The second-order valence-corrected chi connectivity index (χ2v) is 8.35. The average Bonchev–Trinajstić information content (AvgIpc) is 2.69. The lowest BCUT2D eigenvalue weighted by molar-refractivity contribution is -0.239. The van der Waals surface area contributed by atoms with Gasteiger partial charge in [-0.3, -0.25) is 0 Å². The number of nitrogens with zero attached hydrogens (tertiary/aromatic N) is 1. The SMILES string of the molecule is C/C=C\C.CO.OSC(F)(F)C(F)(F)C(F)(F)SN1CCC2CCCCC2C1. The molecule has 1 saturated carbocycles. The summed E-state index contributed by atoms with van der Waals surface area (Å²) in [6, 6.07) is 0. The Kier molecular flexibility index (Phi) is 12.5. The molecule has 0 aromatic rings. The summed E-state index contributed by atoms with van der Waals surface area (Å²) in [5, 5.41) is -3.24. The smallest absolute Gasteiger partial charge is 0.394 e. The maximum atomic E-state index is 13.7. The third kappa shape index (κ3) is 7.30. The first-order valence-electron chi connectivity index (χ1n) is 8.94. The summed E-state index contributed by atoms with van der Waals surface area (Å²) >= 11 is -2.08. The highest BCUT2D eigenvalue weighted by Crippen LogP contribution is 2.56. The molecule has 2 fully saturated rings. The van der Waals surface area contributed by atoms with E-state index in [0.717, 1.165) is 37.1 Å². The van der Waals surface area contributed by atoms with Gasteiger partial charge >= 0.3 is 16.4 Å². The summed E-state index contributed by atoms with van der Waals surface area (Å²) in [6.45, 7) is 4.38. The maximum absolute atomic E-state index is 13.7. The lowest BCUT2D eigenvalue weighted by Gasteiger charge is -2.42. The zero-order chi connectivity index (χ0) is 22.0.